The van der Waals surface area contributed by atoms with Crippen LogP contribution in [0.5, 0.6) is 0 Å². The van der Waals surface area contributed by atoms with Gasteiger partial charge in [0.2, 0.25) is 5.91 Å². The van der Waals surface area contributed by atoms with Crippen LogP contribution in [0.15, 0.2) is 24.3 Å². The van der Waals surface area contributed by atoms with Gasteiger partial charge >= 0.3 is 5.97 Å². The average Bonchev–Trinajstić information content (AvgIpc) is 3.08. The number of aliphatic hydroxyl groups is 6. The monoisotopic (exact) mass is 708 g/mol. The molecule has 20 heteroatoms. The van der Waals surface area contributed by atoms with Crippen molar-refractivity contribution in [2.75, 3.05) is 39.8 Å². The van der Waals surface area contributed by atoms with Gasteiger partial charge in [-0.15, -0.1) is 0 Å². The summed E-state index contributed by atoms with van der Waals surface area (Å²) in [5, 5.41) is 72.9. The number of nitrogen functional groups attached to an aromatic ring is 1. The van der Waals surface area contributed by atoms with Crippen molar-refractivity contribution >= 4 is 17.6 Å². The molecule has 0 aromatic heterocycles. The van der Waals surface area contributed by atoms with Crippen molar-refractivity contribution in [1.82, 2.24) is 5.32 Å². The van der Waals surface area contributed by atoms with E-state index < -0.39 is 124 Å². The number of aromatic carboxylic acids is 1. The van der Waals surface area contributed by atoms with Gasteiger partial charge in [0.25, 0.3) is 0 Å². The molecule has 3 fully saturated rings. The van der Waals surface area contributed by atoms with Crippen LogP contribution < -0.4 is 22.5 Å². The average molecular weight is 709 g/mol. The number of ether oxygens (including phenoxy) is 7. The Morgan fingerprint density at radius 1 is 0.735 bits per heavy atom. The van der Waals surface area contributed by atoms with Crippen molar-refractivity contribution in [3.05, 3.63) is 29.8 Å². The van der Waals surface area contributed by atoms with Crippen molar-refractivity contribution in [2.45, 2.75) is 98.9 Å². The molecule has 4 rings (SSSR count). The van der Waals surface area contributed by atoms with Crippen LogP contribution in [-0.4, -0.2) is 174 Å². The van der Waals surface area contributed by atoms with Crippen LogP contribution >= 0.6 is 0 Å². The summed E-state index contributed by atoms with van der Waals surface area (Å²) in [5.74, 6) is -1.42. The molecule has 9 unspecified atom stereocenters. The summed E-state index contributed by atoms with van der Waals surface area (Å²) in [6, 6.07) is 2.49. The molecule has 0 spiro atoms. The molecule has 0 aliphatic carbocycles. The number of carboxylic acids is 1. The van der Waals surface area contributed by atoms with Crippen LogP contribution in [0.25, 0.3) is 0 Å². The van der Waals surface area contributed by atoms with Crippen molar-refractivity contribution < 1.29 is 78.5 Å². The molecular weight excluding hydrogens is 660 g/mol. The van der Waals surface area contributed by atoms with Crippen molar-refractivity contribution in [3.8, 4) is 0 Å². The highest BCUT2D eigenvalue weighted by Crippen LogP contribution is 2.32. The van der Waals surface area contributed by atoms with E-state index in [0.29, 0.717) is 5.69 Å². The molecule has 280 valence electrons. The second kappa shape index (κ2) is 18.6. The Kier molecular flexibility index (Phi) is 15.4. The quantitative estimate of drug-likeness (QED) is 0.0957. The van der Waals surface area contributed by atoms with Gasteiger partial charge < -0.3 is 91.4 Å². The van der Waals surface area contributed by atoms with Crippen molar-refractivity contribution in [2.24, 2.45) is 11.5 Å². The van der Waals surface area contributed by atoms with E-state index in [1.165, 1.54) is 33.3 Å². The van der Waals surface area contributed by atoms with E-state index in [4.69, 9.17) is 55.5 Å². The van der Waals surface area contributed by atoms with Gasteiger partial charge in [-0.05, 0) is 24.3 Å². The second-order valence-electron chi connectivity index (χ2n) is 11.6. The minimum Gasteiger partial charge on any atom is -0.478 e. The van der Waals surface area contributed by atoms with Crippen LogP contribution in [-0.2, 0) is 38.0 Å². The molecule has 0 bridgehead atoms. The fourth-order valence-electron chi connectivity index (χ4n) is 5.64. The fraction of sp³-hybridized carbons (Fsp3) is 0.724. The molecule has 1 aromatic carbocycles. The molecular formula is C29H48N4O16. The summed E-state index contributed by atoms with van der Waals surface area (Å²) in [4.78, 5) is 21.9. The topological polar surface area (TPSA) is 330 Å². The van der Waals surface area contributed by atoms with E-state index in [2.05, 4.69) is 5.32 Å². The highest BCUT2D eigenvalue weighted by molar-refractivity contribution is 5.87. The molecule has 0 radical (unpaired) electrons. The molecule has 3 heterocycles. The van der Waals surface area contributed by atoms with Gasteiger partial charge in [0.05, 0.1) is 37.5 Å². The SMILES string of the molecule is CO[C@@H]1OC(CO)[C@@H](OC2OC(CO)[C@@H](OC3OC(CO)[C@@H](OC)C(O)C3N)[C@H](O)[C@@H]2N)C(O)C1NC(C)=O.Nc1ccc(C(=O)O)cc1. The van der Waals surface area contributed by atoms with E-state index >= 15 is 0 Å². The van der Waals surface area contributed by atoms with Crippen LogP contribution in [0.2, 0.25) is 0 Å². The molecule has 3 saturated heterocycles. The van der Waals surface area contributed by atoms with Gasteiger partial charge in [0.15, 0.2) is 18.9 Å². The lowest BCUT2D eigenvalue weighted by Crippen LogP contribution is -2.70. The van der Waals surface area contributed by atoms with Crippen LogP contribution in [0, 0.1) is 0 Å². The summed E-state index contributed by atoms with van der Waals surface area (Å²) >= 11 is 0. The molecule has 15 atom stereocenters. The summed E-state index contributed by atoms with van der Waals surface area (Å²) in [7, 11) is 2.61. The number of amides is 1. The second-order valence-corrected chi connectivity index (χ2v) is 11.6. The van der Waals surface area contributed by atoms with E-state index in [1.54, 1.807) is 12.1 Å². The Morgan fingerprint density at radius 2 is 1.16 bits per heavy atom. The summed E-state index contributed by atoms with van der Waals surface area (Å²) in [6.45, 7) is -0.584. The lowest BCUT2D eigenvalue weighted by Gasteiger charge is -2.49. The molecule has 0 saturated carbocycles. The Morgan fingerprint density at radius 3 is 1.57 bits per heavy atom. The summed E-state index contributed by atoms with van der Waals surface area (Å²) in [5.41, 5.74) is 18.4. The standard InChI is InChI=1S/C22H41N3O14.C7H7NO2/c1-7(29)25-13-16(32)19(10(6-28)37-22(13)34-3)39-21-12(24)15(31)18(9(5-27)36-21)38-20-11(23)14(30)17(33-2)8(4-26)35-20;8-6-3-1-5(2-4-6)7(9)10/h8-22,26-28,30-32H,4-6,23-24H2,1-3H3,(H,25,29);1-4H,8H2,(H,9,10)/t8?,9?,10?,11?,12-,13?,14?,15+,16?,17+,18+,19+,20?,21?,22+;/m0./s1. The maximum atomic E-state index is 11.7. The van der Waals surface area contributed by atoms with Gasteiger partial charge in [0.1, 0.15) is 61.0 Å². The molecule has 20 nitrogen and oxygen atoms in total. The lowest BCUT2D eigenvalue weighted by atomic mass is 9.94. The molecule has 3 aliphatic heterocycles. The molecule has 49 heavy (non-hydrogen) atoms. The lowest BCUT2D eigenvalue weighted by molar-refractivity contribution is -0.350. The number of carbonyl (C=O) groups excluding carboxylic acids is 1. The zero-order valence-corrected chi connectivity index (χ0v) is 27.1. The largest absolute Gasteiger partial charge is 0.478 e. The molecule has 1 amide bonds. The Bertz CT molecular complexity index is 1180. The number of benzene rings is 1. The maximum Gasteiger partial charge on any atom is 0.335 e. The maximum absolute atomic E-state index is 11.7. The minimum atomic E-state index is -1.55. The van der Waals surface area contributed by atoms with Crippen molar-refractivity contribution in [1.29, 1.82) is 0 Å². The number of carboxylic acid groups (broad SMARTS) is 1. The van der Waals surface area contributed by atoms with Gasteiger partial charge in [0, 0.05) is 26.8 Å². The van der Waals surface area contributed by atoms with Crippen molar-refractivity contribution in [3.63, 3.8) is 0 Å². The Balaban J connectivity index is 0.000000555. The number of nitrogens with two attached hydrogens (primary N) is 3. The summed E-state index contributed by atoms with van der Waals surface area (Å²) in [6.07, 6.45) is -15.1. The van der Waals surface area contributed by atoms with Crippen LogP contribution in [0.1, 0.15) is 17.3 Å². The molecule has 3 aliphatic rings. The van der Waals surface area contributed by atoms with Gasteiger partial charge in [-0.1, -0.05) is 0 Å². The highest BCUT2D eigenvalue weighted by atomic mass is 16.7. The minimum absolute atomic E-state index is 0.259. The number of anilines is 1. The van der Waals surface area contributed by atoms with Gasteiger partial charge in [-0.25, -0.2) is 4.79 Å². The third-order valence-corrected chi connectivity index (χ3v) is 8.27. The molecule has 14 N–H and O–H groups in total. The number of hydrogen-bond donors (Lipinski definition) is 11. The predicted octanol–water partition coefficient (Wildman–Crippen LogP) is -5.22. The zero-order chi connectivity index (χ0) is 36.6. The number of aliphatic hydroxyl groups excluding tert-OH is 6. The first-order chi connectivity index (χ1) is 23.2. The first kappa shape index (κ1) is 40.8. The third-order valence-electron chi connectivity index (χ3n) is 8.27. The number of methoxy groups -OCH3 is 2. The van der Waals surface area contributed by atoms with E-state index in [1.807, 2.05) is 0 Å². The highest BCUT2D eigenvalue weighted by Gasteiger charge is 2.53. The van der Waals surface area contributed by atoms with Crippen LogP contribution in [0.3, 0.4) is 0 Å². The number of rotatable bonds is 11. The zero-order valence-electron chi connectivity index (χ0n) is 27.1. The number of hydrogen-bond acceptors (Lipinski definition) is 18. The third kappa shape index (κ3) is 9.78. The molecule has 1 aromatic rings. The fourth-order valence-corrected chi connectivity index (χ4v) is 5.64. The normalized spacial score (nSPS) is 39.4. The van der Waals surface area contributed by atoms with Gasteiger partial charge in [-0.3, -0.25) is 4.79 Å². The summed E-state index contributed by atoms with van der Waals surface area (Å²) < 4.78 is 39.0. The van der Waals surface area contributed by atoms with Crippen LogP contribution in [0.4, 0.5) is 5.69 Å². The van der Waals surface area contributed by atoms with Gasteiger partial charge in [-0.2, -0.15) is 0 Å². The Labute approximate surface area is 281 Å². The van der Waals surface area contributed by atoms with E-state index in [0.717, 1.165) is 0 Å². The Hall–Kier alpha value is -2.64. The first-order valence-electron chi connectivity index (χ1n) is 15.3. The predicted molar refractivity (Wildman–Crippen MR) is 164 cm³/mol. The first-order valence-corrected chi connectivity index (χ1v) is 15.3. The smallest absolute Gasteiger partial charge is 0.335 e. The number of carbonyl (C=O) groups is 2. The van der Waals surface area contributed by atoms with E-state index in [9.17, 15) is 40.2 Å². The van der Waals surface area contributed by atoms with E-state index in [-0.39, 0.29) is 5.56 Å². The number of nitrogens with one attached hydrogen (secondary N) is 1.